The minimum atomic E-state index is -0.677. The summed E-state index contributed by atoms with van der Waals surface area (Å²) >= 11 is 0. The monoisotopic (exact) mass is 368 g/mol. The predicted octanol–water partition coefficient (Wildman–Crippen LogP) is 3.09. The van der Waals surface area contributed by atoms with Gasteiger partial charge in [-0.05, 0) is 57.9 Å². The Morgan fingerprint density at radius 3 is 2.48 bits per heavy atom. The Hall–Kier alpha value is -3.27. The second-order valence-corrected chi connectivity index (χ2v) is 6.38. The van der Waals surface area contributed by atoms with Gasteiger partial charge in [0.2, 0.25) is 0 Å². The Morgan fingerprint density at radius 2 is 1.93 bits per heavy atom. The summed E-state index contributed by atoms with van der Waals surface area (Å²) < 4.78 is 7.44. The van der Waals surface area contributed by atoms with Crippen molar-refractivity contribution in [3.8, 4) is 6.07 Å². The number of hydrazine groups is 1. The molecule has 7 nitrogen and oxygen atoms in total. The van der Waals surface area contributed by atoms with Crippen molar-refractivity contribution in [2.24, 2.45) is 0 Å². The lowest BCUT2D eigenvalue weighted by Crippen LogP contribution is -2.42. The van der Waals surface area contributed by atoms with Crippen molar-refractivity contribution in [1.29, 1.82) is 5.26 Å². The van der Waals surface area contributed by atoms with Crippen LogP contribution < -0.4 is 10.9 Å². The van der Waals surface area contributed by atoms with Gasteiger partial charge in [-0.25, -0.2) is 0 Å². The number of hydrogen-bond acceptors (Lipinski definition) is 4. The summed E-state index contributed by atoms with van der Waals surface area (Å²) in [6.45, 7) is 10.3. The summed E-state index contributed by atoms with van der Waals surface area (Å²) in [4.78, 5) is 24.4. The molecule has 7 heteroatoms. The number of nitrogens with one attached hydrogen (secondary N) is 2. The van der Waals surface area contributed by atoms with Gasteiger partial charge < -0.3 is 8.98 Å². The molecule has 0 saturated carbocycles. The quantitative estimate of drug-likeness (QED) is 0.481. The van der Waals surface area contributed by atoms with Gasteiger partial charge in [-0.2, -0.15) is 5.26 Å². The first-order chi connectivity index (χ1) is 12.8. The largest absolute Gasteiger partial charge is 0.466 e. The molecule has 142 valence electrons. The van der Waals surface area contributed by atoms with E-state index >= 15 is 0 Å². The Bertz CT molecular complexity index is 941. The first-order valence-electron chi connectivity index (χ1n) is 8.74. The summed E-state index contributed by atoms with van der Waals surface area (Å²) in [7, 11) is 0. The van der Waals surface area contributed by atoms with E-state index in [2.05, 4.69) is 22.3 Å². The molecular formula is C20H24N4O3. The average Bonchev–Trinajstić information content (AvgIpc) is 3.10. The normalized spacial score (nSPS) is 11.2. The van der Waals surface area contributed by atoms with Crippen LogP contribution in [0.4, 0.5) is 0 Å². The summed E-state index contributed by atoms with van der Waals surface area (Å²) in [6.07, 6.45) is 2.52. The Balaban J connectivity index is 2.13. The van der Waals surface area contributed by atoms with Crippen molar-refractivity contribution in [2.45, 2.75) is 47.6 Å². The average molecular weight is 368 g/mol. The summed E-state index contributed by atoms with van der Waals surface area (Å²) in [6, 6.07) is 5.41. The number of aryl methyl sites for hydroxylation is 3. The smallest absolute Gasteiger partial charge is 0.280 e. The third-order valence-electron chi connectivity index (χ3n) is 4.30. The van der Waals surface area contributed by atoms with E-state index in [1.807, 2.05) is 26.0 Å². The molecule has 0 atom stereocenters. The summed E-state index contributed by atoms with van der Waals surface area (Å²) in [5.41, 5.74) is 7.69. The second-order valence-electron chi connectivity index (χ2n) is 6.38. The van der Waals surface area contributed by atoms with Crippen LogP contribution in [0.3, 0.4) is 0 Å². The number of hydrogen-bond donors (Lipinski definition) is 2. The molecule has 2 amide bonds. The molecule has 0 radical (unpaired) electrons. The lowest BCUT2D eigenvalue weighted by atomic mass is 10.1. The predicted molar refractivity (Wildman–Crippen MR) is 102 cm³/mol. The van der Waals surface area contributed by atoms with Gasteiger partial charge in [0.15, 0.2) is 0 Å². The van der Waals surface area contributed by atoms with E-state index in [-0.39, 0.29) is 5.57 Å². The molecule has 0 aliphatic heterocycles. The van der Waals surface area contributed by atoms with E-state index in [4.69, 9.17) is 4.42 Å². The van der Waals surface area contributed by atoms with Crippen molar-refractivity contribution in [3.63, 3.8) is 0 Å². The van der Waals surface area contributed by atoms with E-state index in [9.17, 15) is 14.9 Å². The van der Waals surface area contributed by atoms with E-state index < -0.39 is 11.8 Å². The van der Waals surface area contributed by atoms with Crippen molar-refractivity contribution < 1.29 is 14.0 Å². The zero-order chi connectivity index (χ0) is 20.1. The van der Waals surface area contributed by atoms with Crippen LogP contribution in [0.25, 0.3) is 6.08 Å². The lowest BCUT2D eigenvalue weighted by molar-refractivity contribution is -0.117. The van der Waals surface area contributed by atoms with Gasteiger partial charge in [-0.3, -0.25) is 20.4 Å². The third kappa shape index (κ3) is 4.47. The molecule has 0 bridgehead atoms. The highest BCUT2D eigenvalue weighted by Crippen LogP contribution is 2.19. The minimum Gasteiger partial charge on any atom is -0.466 e. The Morgan fingerprint density at radius 1 is 1.22 bits per heavy atom. The SMILES string of the molecule is CCCn1c(C)cc(/C=C(\C#N)C(=O)NNC(=O)c2cc(C)oc2C)c1C. The molecule has 0 fully saturated rings. The Kier molecular flexibility index (Phi) is 6.24. The number of amides is 2. The van der Waals surface area contributed by atoms with Crippen molar-refractivity contribution in [2.75, 3.05) is 0 Å². The fourth-order valence-electron chi connectivity index (χ4n) is 2.95. The van der Waals surface area contributed by atoms with Gasteiger partial charge in [0.25, 0.3) is 11.8 Å². The van der Waals surface area contributed by atoms with Gasteiger partial charge in [0.1, 0.15) is 23.2 Å². The van der Waals surface area contributed by atoms with Crippen LogP contribution in [0.5, 0.6) is 0 Å². The van der Waals surface area contributed by atoms with Crippen molar-refractivity contribution >= 4 is 17.9 Å². The molecule has 2 aromatic heterocycles. The molecule has 2 N–H and O–H groups in total. The molecular weight excluding hydrogens is 344 g/mol. The number of aromatic nitrogens is 1. The number of nitrogens with zero attached hydrogens (tertiary/aromatic N) is 2. The van der Waals surface area contributed by atoms with Crippen molar-refractivity contribution in [3.05, 3.63) is 51.7 Å². The highest BCUT2D eigenvalue weighted by molar-refractivity contribution is 6.04. The first-order valence-corrected chi connectivity index (χ1v) is 8.74. The topological polar surface area (TPSA) is 100 Å². The fraction of sp³-hybridized carbons (Fsp3) is 0.350. The van der Waals surface area contributed by atoms with Crippen LogP contribution >= 0.6 is 0 Å². The number of nitriles is 1. The zero-order valence-corrected chi connectivity index (χ0v) is 16.3. The maximum absolute atomic E-state index is 12.3. The van der Waals surface area contributed by atoms with Crippen LogP contribution in [-0.2, 0) is 11.3 Å². The molecule has 0 aliphatic carbocycles. The van der Waals surface area contributed by atoms with Crippen LogP contribution in [-0.4, -0.2) is 16.4 Å². The van der Waals surface area contributed by atoms with Crippen LogP contribution in [0.2, 0.25) is 0 Å². The molecule has 2 heterocycles. The lowest BCUT2D eigenvalue weighted by Gasteiger charge is -2.07. The summed E-state index contributed by atoms with van der Waals surface area (Å²) in [5, 5.41) is 9.34. The minimum absolute atomic E-state index is 0.0906. The number of carbonyl (C=O) groups excluding carboxylic acids is 2. The number of furan rings is 1. The Labute approximate surface area is 158 Å². The van der Waals surface area contributed by atoms with E-state index in [0.29, 0.717) is 17.1 Å². The maximum atomic E-state index is 12.3. The second kappa shape index (κ2) is 8.41. The third-order valence-corrected chi connectivity index (χ3v) is 4.30. The highest BCUT2D eigenvalue weighted by atomic mass is 16.3. The maximum Gasteiger partial charge on any atom is 0.280 e. The zero-order valence-electron chi connectivity index (χ0n) is 16.3. The van der Waals surface area contributed by atoms with E-state index in [1.54, 1.807) is 19.9 Å². The molecule has 2 rings (SSSR count). The first kappa shape index (κ1) is 20.0. The summed E-state index contributed by atoms with van der Waals surface area (Å²) in [5.74, 6) is -0.122. The number of rotatable bonds is 5. The fourth-order valence-corrected chi connectivity index (χ4v) is 2.95. The van der Waals surface area contributed by atoms with E-state index in [1.165, 1.54) is 6.08 Å². The van der Waals surface area contributed by atoms with E-state index in [0.717, 1.165) is 29.9 Å². The van der Waals surface area contributed by atoms with Gasteiger partial charge in [0, 0.05) is 17.9 Å². The molecule has 2 aromatic rings. The standard InChI is InChI=1S/C20H24N4O3/c1-6-7-24-12(2)8-16(14(24)4)10-17(11-21)19(25)22-23-20(26)18-9-13(3)27-15(18)5/h8-10H,6-7H2,1-5H3,(H,22,25)(H,23,26)/b17-10+. The number of carbonyl (C=O) groups is 2. The molecule has 0 unspecified atom stereocenters. The molecule has 27 heavy (non-hydrogen) atoms. The van der Waals surface area contributed by atoms with Crippen molar-refractivity contribution in [1.82, 2.24) is 15.4 Å². The van der Waals surface area contributed by atoms with Gasteiger partial charge in [-0.15, -0.1) is 0 Å². The van der Waals surface area contributed by atoms with Crippen LogP contribution in [0, 0.1) is 39.0 Å². The highest BCUT2D eigenvalue weighted by Gasteiger charge is 2.16. The van der Waals surface area contributed by atoms with Gasteiger partial charge in [-0.1, -0.05) is 6.92 Å². The van der Waals surface area contributed by atoms with Crippen LogP contribution in [0.1, 0.15) is 52.2 Å². The van der Waals surface area contributed by atoms with Gasteiger partial charge in [0.05, 0.1) is 5.56 Å². The van der Waals surface area contributed by atoms with Crippen LogP contribution in [0.15, 0.2) is 22.1 Å². The molecule has 0 aromatic carbocycles. The van der Waals surface area contributed by atoms with Gasteiger partial charge >= 0.3 is 0 Å². The molecule has 0 spiro atoms. The molecule has 0 saturated heterocycles. The molecule has 0 aliphatic rings.